The lowest BCUT2D eigenvalue weighted by molar-refractivity contribution is 0.0244. The second kappa shape index (κ2) is 4.46. The van der Waals surface area contributed by atoms with Gasteiger partial charge in [-0.15, -0.1) is 0 Å². The van der Waals surface area contributed by atoms with Crippen LogP contribution in [-0.4, -0.2) is 33.1 Å². The van der Waals surface area contributed by atoms with Gasteiger partial charge in [-0.25, -0.2) is 0 Å². The maximum atomic E-state index is 9.41. The fourth-order valence-electron chi connectivity index (χ4n) is 0.865. The second-order valence-corrected chi connectivity index (χ2v) is 2.46. The molecule has 0 amide bonds. The minimum Gasteiger partial charge on any atom is -0.390 e. The number of nitrogens with zero attached hydrogens (tertiary/aromatic N) is 4. The molecule has 3 N–H and O–H groups in total. The van der Waals surface area contributed by atoms with Gasteiger partial charge in [0.2, 0.25) is 0 Å². The first-order valence-electron chi connectivity index (χ1n) is 3.61. The van der Waals surface area contributed by atoms with Gasteiger partial charge in [0.1, 0.15) is 6.10 Å². The summed E-state index contributed by atoms with van der Waals surface area (Å²) in [5.74, 6) is 0. The molecular formula is C6H9N5O2. The van der Waals surface area contributed by atoms with Gasteiger partial charge in [-0.2, -0.15) is 5.10 Å². The number of nitrogens with one attached hydrogen (secondary N) is 1. The smallest absolute Gasteiger partial charge is 0.108 e. The highest BCUT2D eigenvalue weighted by Gasteiger charge is 2.17. The first kappa shape index (κ1) is 9.53. The van der Waals surface area contributed by atoms with E-state index in [-0.39, 0.29) is 6.54 Å². The number of aliphatic hydroxyl groups is 2. The minimum absolute atomic E-state index is 0.164. The van der Waals surface area contributed by atoms with Crippen molar-refractivity contribution in [3.8, 4) is 0 Å². The Morgan fingerprint density at radius 3 is 3.00 bits per heavy atom. The monoisotopic (exact) mass is 183 g/mol. The Labute approximate surface area is 73.6 Å². The second-order valence-electron chi connectivity index (χ2n) is 2.46. The first-order chi connectivity index (χ1) is 6.25. The largest absolute Gasteiger partial charge is 0.390 e. The summed E-state index contributed by atoms with van der Waals surface area (Å²) in [6.07, 6.45) is 0.672. The molecule has 0 fully saturated rings. The van der Waals surface area contributed by atoms with Crippen LogP contribution in [0.3, 0.4) is 0 Å². The zero-order valence-corrected chi connectivity index (χ0v) is 6.70. The summed E-state index contributed by atoms with van der Waals surface area (Å²) in [5, 5.41) is 27.9. The molecular weight excluding hydrogens is 174 g/mol. The maximum absolute atomic E-state index is 9.41. The SMILES string of the molecule is [N-]=[N+]=NCC(O)C(O)c1cn[nH]c1. The highest BCUT2D eigenvalue weighted by molar-refractivity contribution is 5.08. The van der Waals surface area contributed by atoms with Crippen LogP contribution in [-0.2, 0) is 0 Å². The number of aromatic amines is 1. The molecule has 0 saturated heterocycles. The summed E-state index contributed by atoms with van der Waals surface area (Å²) in [6, 6.07) is 0. The van der Waals surface area contributed by atoms with Crippen molar-refractivity contribution in [1.82, 2.24) is 10.2 Å². The van der Waals surface area contributed by atoms with Crippen molar-refractivity contribution in [1.29, 1.82) is 0 Å². The molecule has 2 atom stereocenters. The van der Waals surface area contributed by atoms with Gasteiger partial charge in [-0.05, 0) is 5.53 Å². The maximum Gasteiger partial charge on any atom is 0.108 e. The van der Waals surface area contributed by atoms with E-state index in [0.29, 0.717) is 5.56 Å². The van der Waals surface area contributed by atoms with Crippen LogP contribution in [0.5, 0.6) is 0 Å². The molecule has 0 aromatic carbocycles. The molecule has 13 heavy (non-hydrogen) atoms. The molecule has 1 aromatic rings. The number of H-pyrrole nitrogens is 1. The summed E-state index contributed by atoms with van der Waals surface area (Å²) in [5.41, 5.74) is 8.43. The molecule has 0 radical (unpaired) electrons. The Bertz CT molecular complexity index is 292. The molecule has 0 spiro atoms. The molecule has 0 aliphatic carbocycles. The number of azide groups is 1. The molecule has 70 valence electrons. The van der Waals surface area contributed by atoms with Crippen LogP contribution in [0.1, 0.15) is 11.7 Å². The highest BCUT2D eigenvalue weighted by Crippen LogP contribution is 2.14. The highest BCUT2D eigenvalue weighted by atomic mass is 16.3. The summed E-state index contributed by atoms with van der Waals surface area (Å²) in [6.45, 7) is -0.164. The van der Waals surface area contributed by atoms with E-state index in [1.54, 1.807) is 0 Å². The lowest BCUT2D eigenvalue weighted by Crippen LogP contribution is -2.20. The molecule has 0 saturated carbocycles. The van der Waals surface area contributed by atoms with E-state index in [0.717, 1.165) is 0 Å². The average molecular weight is 183 g/mol. The van der Waals surface area contributed by atoms with Gasteiger partial charge in [0.05, 0.1) is 18.8 Å². The molecule has 7 nitrogen and oxygen atoms in total. The van der Waals surface area contributed by atoms with E-state index in [1.807, 2.05) is 0 Å². The quantitative estimate of drug-likeness (QED) is 0.349. The van der Waals surface area contributed by atoms with E-state index in [9.17, 15) is 10.2 Å². The van der Waals surface area contributed by atoms with E-state index >= 15 is 0 Å². The van der Waals surface area contributed by atoms with Crippen LogP contribution in [0, 0.1) is 0 Å². The zero-order chi connectivity index (χ0) is 9.68. The minimum atomic E-state index is -1.10. The Kier molecular flexibility index (Phi) is 3.27. The molecule has 1 aromatic heterocycles. The summed E-state index contributed by atoms with van der Waals surface area (Å²) in [4.78, 5) is 2.47. The van der Waals surface area contributed by atoms with Gasteiger partial charge in [0, 0.05) is 16.7 Å². The molecule has 1 heterocycles. The third kappa shape index (κ3) is 2.45. The summed E-state index contributed by atoms with van der Waals surface area (Å²) in [7, 11) is 0. The molecule has 0 aliphatic rings. The lowest BCUT2D eigenvalue weighted by atomic mass is 10.1. The Hall–Kier alpha value is -1.56. The predicted molar refractivity (Wildman–Crippen MR) is 43.6 cm³/mol. The van der Waals surface area contributed by atoms with Crippen molar-refractivity contribution in [3.63, 3.8) is 0 Å². The van der Waals surface area contributed by atoms with Crippen LogP contribution in [0.15, 0.2) is 17.5 Å². The molecule has 0 aliphatic heterocycles. The molecule has 7 heteroatoms. The van der Waals surface area contributed by atoms with Gasteiger partial charge in [-0.1, -0.05) is 5.11 Å². The van der Waals surface area contributed by atoms with Gasteiger partial charge in [-0.3, -0.25) is 5.10 Å². The van der Waals surface area contributed by atoms with Crippen molar-refractivity contribution in [2.45, 2.75) is 12.2 Å². The topological polar surface area (TPSA) is 118 Å². The molecule has 1 rings (SSSR count). The van der Waals surface area contributed by atoms with Crippen molar-refractivity contribution < 1.29 is 10.2 Å². The summed E-state index contributed by atoms with van der Waals surface area (Å²) < 4.78 is 0. The van der Waals surface area contributed by atoms with Crippen molar-refractivity contribution in [3.05, 3.63) is 28.4 Å². The van der Waals surface area contributed by atoms with Crippen LogP contribution in [0.2, 0.25) is 0 Å². The van der Waals surface area contributed by atoms with Crippen molar-refractivity contribution in [2.24, 2.45) is 5.11 Å². The lowest BCUT2D eigenvalue weighted by Gasteiger charge is -2.13. The third-order valence-electron chi connectivity index (χ3n) is 1.56. The Morgan fingerprint density at radius 2 is 2.46 bits per heavy atom. The van der Waals surface area contributed by atoms with E-state index in [2.05, 4.69) is 20.2 Å². The van der Waals surface area contributed by atoms with Gasteiger partial charge in [0.15, 0.2) is 0 Å². The van der Waals surface area contributed by atoms with Crippen LogP contribution in [0.25, 0.3) is 10.4 Å². The van der Waals surface area contributed by atoms with E-state index in [4.69, 9.17) is 5.53 Å². The van der Waals surface area contributed by atoms with Crippen LogP contribution in [0.4, 0.5) is 0 Å². The Morgan fingerprint density at radius 1 is 1.69 bits per heavy atom. The van der Waals surface area contributed by atoms with E-state index in [1.165, 1.54) is 12.4 Å². The normalized spacial score (nSPS) is 14.6. The van der Waals surface area contributed by atoms with Gasteiger partial charge < -0.3 is 10.2 Å². The number of hydrogen-bond donors (Lipinski definition) is 3. The standard InChI is InChI=1S/C6H9N5O2/c7-11-10-3-5(12)6(13)4-1-8-9-2-4/h1-2,5-6,12-13H,3H2,(H,8,9). The van der Waals surface area contributed by atoms with Crippen LogP contribution < -0.4 is 0 Å². The zero-order valence-electron chi connectivity index (χ0n) is 6.70. The summed E-state index contributed by atoms with van der Waals surface area (Å²) >= 11 is 0. The van der Waals surface area contributed by atoms with Gasteiger partial charge >= 0.3 is 0 Å². The number of rotatable bonds is 4. The number of aromatic nitrogens is 2. The predicted octanol–water partition coefficient (Wildman–Crippen LogP) is 0.114. The van der Waals surface area contributed by atoms with E-state index < -0.39 is 12.2 Å². The third-order valence-corrected chi connectivity index (χ3v) is 1.56. The fraction of sp³-hybridized carbons (Fsp3) is 0.500. The number of hydrogen-bond acceptors (Lipinski definition) is 4. The van der Waals surface area contributed by atoms with Crippen LogP contribution >= 0.6 is 0 Å². The van der Waals surface area contributed by atoms with Crippen molar-refractivity contribution in [2.75, 3.05) is 6.54 Å². The fourth-order valence-corrected chi connectivity index (χ4v) is 0.865. The average Bonchev–Trinajstić information content (AvgIpc) is 2.65. The Balaban J connectivity index is 2.57. The molecule has 2 unspecified atom stereocenters. The first-order valence-corrected chi connectivity index (χ1v) is 3.61. The number of aliphatic hydroxyl groups excluding tert-OH is 2. The van der Waals surface area contributed by atoms with Gasteiger partial charge in [0.25, 0.3) is 0 Å². The van der Waals surface area contributed by atoms with Crippen molar-refractivity contribution >= 4 is 0 Å². The molecule has 0 bridgehead atoms.